The number of nitrogens with two attached hydrogens (primary N) is 1. The van der Waals surface area contributed by atoms with Crippen LogP contribution in [-0.4, -0.2) is 9.78 Å². The fraction of sp³-hybridized carbons (Fsp3) is 0.182. The first kappa shape index (κ1) is 9.86. The topological polar surface area (TPSA) is 43.8 Å². The van der Waals surface area contributed by atoms with Crippen LogP contribution in [0.5, 0.6) is 0 Å². The molecule has 0 aliphatic carbocycles. The van der Waals surface area contributed by atoms with E-state index in [-0.39, 0.29) is 5.82 Å². The van der Waals surface area contributed by atoms with E-state index in [2.05, 4.69) is 5.10 Å². The van der Waals surface area contributed by atoms with E-state index in [1.165, 1.54) is 12.1 Å². The van der Waals surface area contributed by atoms with Gasteiger partial charge in [0.15, 0.2) is 0 Å². The zero-order chi connectivity index (χ0) is 10.8. The van der Waals surface area contributed by atoms with Gasteiger partial charge in [0, 0.05) is 25.4 Å². The second-order valence-electron chi connectivity index (χ2n) is 3.45. The molecule has 0 radical (unpaired) electrons. The Morgan fingerprint density at radius 1 is 1.33 bits per heavy atom. The summed E-state index contributed by atoms with van der Waals surface area (Å²) in [5.41, 5.74) is 7.97. The number of hydrogen-bond acceptors (Lipinski definition) is 2. The highest BCUT2D eigenvalue weighted by Gasteiger charge is 2.04. The third-order valence-electron chi connectivity index (χ3n) is 2.23. The van der Waals surface area contributed by atoms with E-state index in [9.17, 15) is 4.39 Å². The number of benzene rings is 1. The highest BCUT2D eigenvalue weighted by atomic mass is 19.1. The van der Waals surface area contributed by atoms with Crippen LogP contribution in [0.1, 0.15) is 5.56 Å². The lowest BCUT2D eigenvalue weighted by Crippen LogP contribution is -1.97. The molecule has 0 saturated heterocycles. The van der Waals surface area contributed by atoms with Gasteiger partial charge in [0.05, 0.1) is 6.20 Å². The molecule has 2 rings (SSSR count). The first-order chi connectivity index (χ1) is 7.19. The number of rotatable bonds is 2. The molecule has 0 fully saturated rings. The summed E-state index contributed by atoms with van der Waals surface area (Å²) in [4.78, 5) is 0. The first-order valence-electron chi connectivity index (χ1n) is 4.67. The number of hydrogen-bond donors (Lipinski definition) is 1. The van der Waals surface area contributed by atoms with Gasteiger partial charge in [-0.15, -0.1) is 0 Å². The third kappa shape index (κ3) is 2.05. The summed E-state index contributed by atoms with van der Waals surface area (Å²) in [5, 5.41) is 4.04. The van der Waals surface area contributed by atoms with Gasteiger partial charge < -0.3 is 5.73 Å². The Kier molecular flexibility index (Phi) is 2.51. The standard InChI is InChI=1S/C11H12FN3/c1-15-7-10(6-14-15)9-2-8(5-13)3-11(12)4-9/h2-4,6-7H,5,13H2,1H3. The highest BCUT2D eigenvalue weighted by molar-refractivity contribution is 5.62. The molecular formula is C11H12FN3. The molecule has 4 heteroatoms. The van der Waals surface area contributed by atoms with Gasteiger partial charge in [-0.05, 0) is 29.3 Å². The van der Waals surface area contributed by atoms with Crippen LogP contribution >= 0.6 is 0 Å². The molecule has 0 aliphatic heterocycles. The molecule has 1 aromatic heterocycles. The van der Waals surface area contributed by atoms with Crippen molar-refractivity contribution >= 4 is 0 Å². The average molecular weight is 205 g/mol. The third-order valence-corrected chi connectivity index (χ3v) is 2.23. The number of aryl methyl sites for hydroxylation is 1. The van der Waals surface area contributed by atoms with E-state index in [1.54, 1.807) is 10.9 Å². The summed E-state index contributed by atoms with van der Waals surface area (Å²) in [6.07, 6.45) is 3.55. The monoisotopic (exact) mass is 205 g/mol. The maximum Gasteiger partial charge on any atom is 0.124 e. The molecule has 1 heterocycles. The van der Waals surface area contributed by atoms with E-state index in [1.807, 2.05) is 19.3 Å². The van der Waals surface area contributed by atoms with Crippen molar-refractivity contribution in [1.82, 2.24) is 9.78 Å². The van der Waals surface area contributed by atoms with Crippen LogP contribution in [-0.2, 0) is 13.6 Å². The van der Waals surface area contributed by atoms with Crippen molar-refractivity contribution in [1.29, 1.82) is 0 Å². The summed E-state index contributed by atoms with van der Waals surface area (Å²) >= 11 is 0. The van der Waals surface area contributed by atoms with Gasteiger partial charge in [-0.3, -0.25) is 4.68 Å². The molecule has 78 valence electrons. The lowest BCUT2D eigenvalue weighted by Gasteiger charge is -2.02. The van der Waals surface area contributed by atoms with Crippen molar-refractivity contribution in [2.45, 2.75) is 6.54 Å². The fourth-order valence-electron chi connectivity index (χ4n) is 1.51. The van der Waals surface area contributed by atoms with Crippen LogP contribution in [0.2, 0.25) is 0 Å². The van der Waals surface area contributed by atoms with E-state index in [0.29, 0.717) is 6.54 Å². The Hall–Kier alpha value is -1.68. The van der Waals surface area contributed by atoms with Gasteiger partial charge in [-0.1, -0.05) is 0 Å². The van der Waals surface area contributed by atoms with Crippen LogP contribution < -0.4 is 5.73 Å². The summed E-state index contributed by atoms with van der Waals surface area (Å²) in [7, 11) is 1.83. The van der Waals surface area contributed by atoms with Crippen LogP contribution in [0, 0.1) is 5.82 Å². The first-order valence-corrected chi connectivity index (χ1v) is 4.67. The Labute approximate surface area is 87.3 Å². The predicted molar refractivity (Wildman–Crippen MR) is 56.5 cm³/mol. The zero-order valence-corrected chi connectivity index (χ0v) is 8.44. The van der Waals surface area contributed by atoms with Crippen LogP contribution in [0.25, 0.3) is 11.1 Å². The minimum absolute atomic E-state index is 0.267. The molecule has 2 aromatic rings. The van der Waals surface area contributed by atoms with Crippen molar-refractivity contribution in [2.75, 3.05) is 0 Å². The molecule has 0 bridgehead atoms. The minimum Gasteiger partial charge on any atom is -0.326 e. The van der Waals surface area contributed by atoms with Crippen LogP contribution in [0.3, 0.4) is 0 Å². The molecule has 0 unspecified atom stereocenters. The quantitative estimate of drug-likeness (QED) is 0.810. The summed E-state index contributed by atoms with van der Waals surface area (Å²) in [6, 6.07) is 4.80. The van der Waals surface area contributed by atoms with Crippen molar-refractivity contribution in [2.24, 2.45) is 12.8 Å². The Bertz CT molecular complexity index is 476. The largest absolute Gasteiger partial charge is 0.326 e. The summed E-state index contributed by atoms with van der Waals surface area (Å²) in [5.74, 6) is -0.267. The molecule has 15 heavy (non-hydrogen) atoms. The van der Waals surface area contributed by atoms with Crippen molar-refractivity contribution in [3.8, 4) is 11.1 Å². The van der Waals surface area contributed by atoms with Gasteiger partial charge in [-0.2, -0.15) is 5.10 Å². The zero-order valence-electron chi connectivity index (χ0n) is 8.44. The summed E-state index contributed by atoms with van der Waals surface area (Å²) < 4.78 is 14.9. The fourth-order valence-corrected chi connectivity index (χ4v) is 1.51. The molecule has 1 aromatic carbocycles. The van der Waals surface area contributed by atoms with Crippen molar-refractivity contribution < 1.29 is 4.39 Å². The van der Waals surface area contributed by atoms with Crippen molar-refractivity contribution in [3.05, 3.63) is 42.0 Å². The van der Waals surface area contributed by atoms with Gasteiger partial charge in [0.1, 0.15) is 5.82 Å². The van der Waals surface area contributed by atoms with E-state index < -0.39 is 0 Å². The van der Waals surface area contributed by atoms with Crippen molar-refractivity contribution in [3.63, 3.8) is 0 Å². The maximum atomic E-state index is 13.2. The molecular weight excluding hydrogens is 193 g/mol. The predicted octanol–water partition coefficient (Wildman–Crippen LogP) is 1.68. The molecule has 2 N–H and O–H groups in total. The van der Waals surface area contributed by atoms with Gasteiger partial charge in [-0.25, -0.2) is 4.39 Å². The molecule has 0 atom stereocenters. The van der Waals surface area contributed by atoms with Crippen LogP contribution in [0.15, 0.2) is 30.6 Å². The number of halogens is 1. The molecule has 0 saturated carbocycles. The van der Waals surface area contributed by atoms with E-state index in [0.717, 1.165) is 16.7 Å². The second kappa shape index (κ2) is 3.82. The Balaban J connectivity index is 2.48. The van der Waals surface area contributed by atoms with Gasteiger partial charge >= 0.3 is 0 Å². The molecule has 0 aliphatic rings. The van der Waals surface area contributed by atoms with Gasteiger partial charge in [0.25, 0.3) is 0 Å². The van der Waals surface area contributed by atoms with Crippen LogP contribution in [0.4, 0.5) is 4.39 Å². The molecule has 0 spiro atoms. The Morgan fingerprint density at radius 3 is 2.73 bits per heavy atom. The summed E-state index contributed by atoms with van der Waals surface area (Å²) in [6.45, 7) is 0.338. The normalized spacial score (nSPS) is 10.6. The van der Waals surface area contributed by atoms with E-state index >= 15 is 0 Å². The lowest BCUT2D eigenvalue weighted by atomic mass is 10.1. The Morgan fingerprint density at radius 2 is 2.13 bits per heavy atom. The highest BCUT2D eigenvalue weighted by Crippen LogP contribution is 2.21. The number of aromatic nitrogens is 2. The molecule has 3 nitrogen and oxygen atoms in total. The van der Waals surface area contributed by atoms with Gasteiger partial charge in [0.2, 0.25) is 0 Å². The SMILES string of the molecule is Cn1cc(-c2cc(F)cc(CN)c2)cn1. The van der Waals surface area contributed by atoms with E-state index in [4.69, 9.17) is 5.73 Å². The minimum atomic E-state index is -0.267. The maximum absolute atomic E-state index is 13.2. The second-order valence-corrected chi connectivity index (χ2v) is 3.45. The smallest absolute Gasteiger partial charge is 0.124 e. The number of nitrogens with zero attached hydrogens (tertiary/aromatic N) is 2. The average Bonchev–Trinajstić information content (AvgIpc) is 2.64. The lowest BCUT2D eigenvalue weighted by molar-refractivity contribution is 0.626. The molecule has 0 amide bonds.